The monoisotopic (exact) mass is 640 g/mol. The molecule has 0 bridgehead atoms. The molecule has 2 amide bonds. The Morgan fingerprint density at radius 3 is 2.47 bits per heavy atom. The topological polar surface area (TPSA) is 99.1 Å². The molecule has 0 aromatic heterocycles. The maximum atomic E-state index is 13.8. The molecule has 212 valence electrons. The third-order valence-electron chi connectivity index (χ3n) is 7.67. The van der Waals surface area contributed by atoms with E-state index in [0.717, 1.165) is 67.8 Å². The Morgan fingerprint density at radius 1 is 1.08 bits per heavy atom. The van der Waals surface area contributed by atoms with Gasteiger partial charge in [-0.15, -0.1) is 0 Å². The first kappa shape index (κ1) is 30.9. The van der Waals surface area contributed by atoms with Crippen molar-refractivity contribution in [2.24, 2.45) is 0 Å². The van der Waals surface area contributed by atoms with Crippen LogP contribution in [0.4, 0.5) is 0 Å². The second kappa shape index (κ2) is 16.5. The van der Waals surface area contributed by atoms with Crippen LogP contribution in [0.3, 0.4) is 0 Å². The van der Waals surface area contributed by atoms with Gasteiger partial charge in [0.25, 0.3) is 0 Å². The molecule has 3 unspecified atom stereocenters. The van der Waals surface area contributed by atoms with E-state index in [2.05, 4.69) is 34.8 Å². The van der Waals surface area contributed by atoms with Crippen molar-refractivity contribution in [3.8, 4) is 5.75 Å². The van der Waals surface area contributed by atoms with Crippen molar-refractivity contribution in [2.45, 2.75) is 115 Å². The van der Waals surface area contributed by atoms with Crippen LogP contribution in [0.1, 0.15) is 90.4 Å². The molecule has 0 aliphatic heterocycles. The maximum Gasteiger partial charge on any atom is 0.247 e. The lowest BCUT2D eigenvalue weighted by Crippen LogP contribution is -2.58. The molecule has 8 heteroatoms. The third-order valence-corrected chi connectivity index (χ3v) is 8.56. The minimum Gasteiger partial charge on any atom is -0.482 e. The van der Waals surface area contributed by atoms with E-state index in [1.54, 1.807) is 6.08 Å². The number of nitrogens with zero attached hydrogens (tertiary/aromatic N) is 1. The predicted molar refractivity (Wildman–Crippen MR) is 158 cm³/mol. The van der Waals surface area contributed by atoms with Crippen molar-refractivity contribution in [2.75, 3.05) is 13.2 Å². The molecule has 1 fully saturated rings. The largest absolute Gasteiger partial charge is 0.482 e. The highest BCUT2D eigenvalue weighted by atomic mass is 127. The fourth-order valence-electron chi connectivity index (χ4n) is 5.64. The summed E-state index contributed by atoms with van der Waals surface area (Å²) in [4.78, 5) is 28.8. The molecule has 0 radical (unpaired) electrons. The average molecular weight is 641 g/mol. The molecular formula is C30H45IN2O5. The lowest BCUT2D eigenvalue weighted by atomic mass is 9.86. The number of para-hydroxylation sites is 1. The third kappa shape index (κ3) is 8.95. The fourth-order valence-corrected chi connectivity index (χ4v) is 6.15. The zero-order valence-corrected chi connectivity index (χ0v) is 24.9. The minimum atomic E-state index is -0.965. The Bertz CT molecular complexity index is 916. The zero-order valence-electron chi connectivity index (χ0n) is 22.7. The summed E-state index contributed by atoms with van der Waals surface area (Å²) in [6, 6.07) is 7.09. The molecule has 2 aliphatic rings. The van der Waals surface area contributed by atoms with E-state index in [1.165, 1.54) is 6.42 Å². The van der Waals surface area contributed by atoms with Gasteiger partial charge in [-0.25, -0.2) is 0 Å². The summed E-state index contributed by atoms with van der Waals surface area (Å²) in [6.45, 7) is 2.17. The second-order valence-corrected chi connectivity index (χ2v) is 11.7. The first-order valence-electron chi connectivity index (χ1n) is 14.5. The number of carbonyl (C=O) groups excluding carboxylic acids is 2. The lowest BCUT2D eigenvalue weighted by Gasteiger charge is -2.44. The number of hydrogen-bond acceptors (Lipinski definition) is 5. The van der Waals surface area contributed by atoms with Crippen molar-refractivity contribution in [3.05, 3.63) is 39.5 Å². The van der Waals surface area contributed by atoms with Crippen molar-refractivity contribution < 1.29 is 24.5 Å². The highest BCUT2D eigenvalue weighted by Gasteiger charge is 2.42. The van der Waals surface area contributed by atoms with E-state index >= 15 is 0 Å². The highest BCUT2D eigenvalue weighted by molar-refractivity contribution is 14.1. The second-order valence-electron chi connectivity index (χ2n) is 10.6. The summed E-state index contributed by atoms with van der Waals surface area (Å²) >= 11 is 2.19. The van der Waals surface area contributed by atoms with Gasteiger partial charge >= 0.3 is 0 Å². The summed E-state index contributed by atoms with van der Waals surface area (Å²) in [5.41, 5.74) is 0.485. The van der Waals surface area contributed by atoms with E-state index < -0.39 is 18.2 Å². The SMILES string of the molecule is CCCCCCCC(=O)N(C1CCCCCC1)C1CC(C(=O)NCCO)=CC(Oc2ccccc2I)C1O. The van der Waals surface area contributed by atoms with Gasteiger partial charge in [-0.1, -0.05) is 70.4 Å². The van der Waals surface area contributed by atoms with E-state index in [9.17, 15) is 19.8 Å². The Morgan fingerprint density at radius 2 is 1.79 bits per heavy atom. The predicted octanol–water partition coefficient (Wildman–Crippen LogP) is 5.12. The summed E-state index contributed by atoms with van der Waals surface area (Å²) < 4.78 is 7.19. The minimum absolute atomic E-state index is 0.0534. The summed E-state index contributed by atoms with van der Waals surface area (Å²) in [6.07, 6.45) is 12.3. The first-order chi connectivity index (χ1) is 18.5. The molecule has 0 saturated heterocycles. The van der Waals surface area contributed by atoms with E-state index in [4.69, 9.17) is 4.74 Å². The number of halogens is 1. The van der Waals surface area contributed by atoms with E-state index in [0.29, 0.717) is 17.7 Å². The van der Waals surface area contributed by atoms with Crippen LogP contribution in [0, 0.1) is 3.57 Å². The van der Waals surface area contributed by atoms with Crippen LogP contribution in [-0.2, 0) is 9.59 Å². The van der Waals surface area contributed by atoms with Crippen LogP contribution in [0.5, 0.6) is 5.75 Å². The van der Waals surface area contributed by atoms with Crippen molar-refractivity contribution in [1.82, 2.24) is 10.2 Å². The Balaban J connectivity index is 1.89. The lowest BCUT2D eigenvalue weighted by molar-refractivity contribution is -0.142. The van der Waals surface area contributed by atoms with Gasteiger partial charge in [0.05, 0.1) is 16.2 Å². The number of rotatable bonds is 13. The van der Waals surface area contributed by atoms with Gasteiger partial charge in [-0.3, -0.25) is 9.59 Å². The number of aliphatic hydroxyl groups excluding tert-OH is 2. The van der Waals surface area contributed by atoms with Crippen LogP contribution >= 0.6 is 22.6 Å². The Hall–Kier alpha value is -1.65. The van der Waals surface area contributed by atoms with E-state index in [1.807, 2.05) is 29.2 Å². The van der Waals surface area contributed by atoms with Crippen LogP contribution in [0.25, 0.3) is 0 Å². The van der Waals surface area contributed by atoms with Gasteiger partial charge in [-0.2, -0.15) is 0 Å². The van der Waals surface area contributed by atoms with Crippen molar-refractivity contribution in [1.29, 1.82) is 0 Å². The maximum absolute atomic E-state index is 13.8. The highest BCUT2D eigenvalue weighted by Crippen LogP contribution is 2.33. The number of benzene rings is 1. The van der Waals surface area contributed by atoms with Gasteiger partial charge in [0, 0.05) is 31.0 Å². The van der Waals surface area contributed by atoms with Gasteiger partial charge in [0.15, 0.2) is 0 Å². The molecule has 38 heavy (non-hydrogen) atoms. The molecule has 1 aromatic carbocycles. The molecule has 7 nitrogen and oxygen atoms in total. The normalized spacial score (nSPS) is 22.3. The smallest absolute Gasteiger partial charge is 0.247 e. The number of nitrogens with one attached hydrogen (secondary N) is 1. The molecule has 3 N–H and O–H groups in total. The van der Waals surface area contributed by atoms with E-state index in [-0.39, 0.29) is 37.4 Å². The zero-order chi connectivity index (χ0) is 27.3. The molecule has 1 saturated carbocycles. The number of aliphatic hydroxyl groups is 2. The Labute approximate surface area is 241 Å². The average Bonchev–Trinajstić information content (AvgIpc) is 3.20. The Kier molecular flexibility index (Phi) is 13.4. The molecular weight excluding hydrogens is 595 g/mol. The van der Waals surface area contributed by atoms with Crippen LogP contribution in [0.15, 0.2) is 35.9 Å². The molecule has 2 aliphatic carbocycles. The van der Waals surface area contributed by atoms with Gasteiger partial charge < -0.3 is 25.2 Å². The van der Waals surface area contributed by atoms with Gasteiger partial charge in [0.1, 0.15) is 18.0 Å². The van der Waals surface area contributed by atoms with Crippen molar-refractivity contribution >= 4 is 34.4 Å². The van der Waals surface area contributed by atoms with Gasteiger partial charge in [0.2, 0.25) is 11.8 Å². The molecule has 0 heterocycles. The number of amides is 2. The standard InChI is InChI=1S/C30H45IN2O5/c1-2-3-4-5-10-17-28(35)33(23-13-8-6-7-9-14-23)25-20-22(30(37)32-18-19-34)21-27(29(25)36)38-26-16-12-11-15-24(26)31/h11-12,15-16,21,23,25,27,29,34,36H,2-10,13-14,17-20H2,1H3,(H,32,37). The van der Waals surface area contributed by atoms with Crippen molar-refractivity contribution in [3.63, 3.8) is 0 Å². The summed E-state index contributed by atoms with van der Waals surface area (Å²) in [7, 11) is 0. The van der Waals surface area contributed by atoms with Crippen LogP contribution < -0.4 is 10.1 Å². The molecule has 0 spiro atoms. The summed E-state index contributed by atoms with van der Waals surface area (Å²) in [5, 5.41) is 23.7. The van der Waals surface area contributed by atoms with Crippen LogP contribution in [0.2, 0.25) is 0 Å². The van der Waals surface area contributed by atoms with Gasteiger partial charge in [-0.05, 0) is 60.1 Å². The molecule has 1 aromatic rings. The quantitative estimate of drug-likeness (QED) is 0.158. The first-order valence-corrected chi connectivity index (χ1v) is 15.5. The number of ether oxygens (including phenoxy) is 1. The number of carbonyl (C=O) groups is 2. The molecule has 3 atom stereocenters. The fraction of sp³-hybridized carbons (Fsp3) is 0.667. The molecule has 3 rings (SSSR count). The number of hydrogen-bond donors (Lipinski definition) is 3. The summed E-state index contributed by atoms with van der Waals surface area (Å²) in [5.74, 6) is 0.412. The van der Waals surface area contributed by atoms with Crippen LogP contribution in [-0.4, -0.2) is 64.4 Å². The number of unbranched alkanes of at least 4 members (excludes halogenated alkanes) is 4.